The Morgan fingerprint density at radius 1 is 0.898 bits per heavy atom. The summed E-state index contributed by atoms with van der Waals surface area (Å²) in [5, 5.41) is 28.5. The fraction of sp³-hybridized carbons (Fsp3) is 0.541. The van der Waals surface area contributed by atoms with Crippen LogP contribution < -0.4 is 43.0 Å². The Bertz CT molecular complexity index is 1870. The number of carbonyl (C=O) groups is 9. The van der Waals surface area contributed by atoms with Crippen molar-refractivity contribution in [1.82, 2.24) is 47.1 Å². The first-order chi connectivity index (χ1) is 28.1. The fourth-order valence-corrected chi connectivity index (χ4v) is 8.63. The highest BCUT2D eigenvalue weighted by atomic mass is 33.1. The molecule has 2 aromatic rings. The zero-order chi connectivity index (χ0) is 43.1. The minimum atomic E-state index is -1.69. The number of aromatic amines is 1. The molecule has 2 fully saturated rings. The Kier molecular flexibility index (Phi) is 17.8. The molecule has 20 nitrogen and oxygen atoms in total. The molecular formula is C37H52N10O10S2. The van der Waals surface area contributed by atoms with Crippen LogP contribution in [0.25, 0.3) is 10.9 Å². The van der Waals surface area contributed by atoms with E-state index in [9.17, 15) is 48.3 Å². The lowest BCUT2D eigenvalue weighted by molar-refractivity contribution is -0.144. The molecular weight excluding hydrogens is 809 g/mol. The van der Waals surface area contributed by atoms with Crippen LogP contribution in [0.4, 0.5) is 0 Å². The van der Waals surface area contributed by atoms with E-state index in [-0.39, 0.29) is 49.3 Å². The van der Waals surface area contributed by atoms with Crippen LogP contribution in [0.3, 0.4) is 0 Å². The quantitative estimate of drug-likeness (QED) is 0.121. The van der Waals surface area contributed by atoms with Gasteiger partial charge in [0, 0.05) is 54.0 Å². The average Bonchev–Trinajstić information content (AvgIpc) is 3.62. The number of aromatic nitrogens is 1. The number of nitrogens with one attached hydrogen (secondary N) is 8. The molecule has 0 aliphatic carbocycles. The summed E-state index contributed by atoms with van der Waals surface area (Å²) in [6.07, 6.45) is 2.26. The van der Waals surface area contributed by atoms with Crippen LogP contribution >= 0.6 is 21.6 Å². The first-order valence-corrected chi connectivity index (χ1v) is 21.7. The zero-order valence-electron chi connectivity index (χ0n) is 32.8. The second-order valence-corrected chi connectivity index (χ2v) is 16.8. The van der Waals surface area contributed by atoms with Crippen molar-refractivity contribution in [3.63, 3.8) is 0 Å². The van der Waals surface area contributed by atoms with Gasteiger partial charge in [0.2, 0.25) is 47.3 Å². The largest absolute Gasteiger partial charge is 0.481 e. The molecule has 0 spiro atoms. The van der Waals surface area contributed by atoms with E-state index in [1.165, 1.54) is 29.5 Å². The number of para-hydroxylation sites is 1. The number of piperidine rings is 1. The first kappa shape index (κ1) is 46.3. The van der Waals surface area contributed by atoms with Crippen LogP contribution in [0.15, 0.2) is 30.5 Å². The highest BCUT2D eigenvalue weighted by Crippen LogP contribution is 2.23. The normalized spacial score (nSPS) is 24.2. The maximum absolute atomic E-state index is 14.0. The van der Waals surface area contributed by atoms with E-state index in [0.717, 1.165) is 27.3 Å². The Hall–Kier alpha value is -5.35. The lowest BCUT2D eigenvalue weighted by atomic mass is 9.97. The highest BCUT2D eigenvalue weighted by molar-refractivity contribution is 8.76. The number of primary amides is 1. The molecule has 2 aliphatic rings. The second-order valence-electron chi connectivity index (χ2n) is 14.2. The van der Waals surface area contributed by atoms with E-state index < -0.39 is 90.5 Å². The number of hydrogen-bond acceptors (Lipinski definition) is 12. The van der Waals surface area contributed by atoms with E-state index in [4.69, 9.17) is 5.73 Å². The third-order valence-corrected chi connectivity index (χ3v) is 12.3. The molecule has 5 atom stereocenters. The number of carboxylic acids is 1. The number of nitrogens with two attached hydrogens (primary N) is 1. The predicted octanol–water partition coefficient (Wildman–Crippen LogP) is -2.14. The summed E-state index contributed by atoms with van der Waals surface area (Å²) in [5.41, 5.74) is 7.33. The van der Waals surface area contributed by atoms with Gasteiger partial charge in [0.05, 0.1) is 13.0 Å². The maximum atomic E-state index is 14.0. The van der Waals surface area contributed by atoms with Crippen molar-refractivity contribution in [1.29, 1.82) is 0 Å². The molecule has 2 saturated heterocycles. The summed E-state index contributed by atoms with van der Waals surface area (Å²) < 4.78 is 0. The number of rotatable bonds is 9. The summed E-state index contributed by atoms with van der Waals surface area (Å²) in [7, 11) is 2.37. The van der Waals surface area contributed by atoms with Crippen LogP contribution in [0, 0.1) is 5.92 Å². The van der Waals surface area contributed by atoms with Gasteiger partial charge < -0.3 is 57.9 Å². The van der Waals surface area contributed by atoms with Crippen molar-refractivity contribution in [2.75, 3.05) is 44.2 Å². The molecule has 59 heavy (non-hydrogen) atoms. The summed E-state index contributed by atoms with van der Waals surface area (Å²) in [5.74, 6) is -7.48. The van der Waals surface area contributed by atoms with Crippen LogP contribution in [0.2, 0.25) is 0 Å². The number of carbonyl (C=O) groups excluding carboxylic acids is 8. The molecule has 22 heteroatoms. The van der Waals surface area contributed by atoms with Gasteiger partial charge in [-0.05, 0) is 57.8 Å². The molecule has 2 aliphatic heterocycles. The molecule has 4 rings (SSSR count). The van der Waals surface area contributed by atoms with E-state index in [2.05, 4.69) is 42.2 Å². The van der Waals surface area contributed by atoms with E-state index in [0.29, 0.717) is 25.9 Å². The number of carboxylic acid groups (broad SMARTS) is 1. The molecule has 0 radical (unpaired) electrons. The zero-order valence-corrected chi connectivity index (χ0v) is 34.4. The molecule has 0 saturated carbocycles. The smallest absolute Gasteiger partial charge is 0.305 e. The Balaban J connectivity index is 1.55. The van der Waals surface area contributed by atoms with Crippen LogP contribution in [-0.2, 0) is 49.6 Å². The van der Waals surface area contributed by atoms with Crippen molar-refractivity contribution in [2.24, 2.45) is 11.7 Å². The minimum Gasteiger partial charge on any atom is -0.481 e. The SMILES string of the molecule is C[C@@H]1NC(=O)[C@H](CC(=O)O)NC(=O)CNC(=O)[C@H](CNC(=O)C2CCNCC2)NC(=O)CCSSCC(C(N)=O)NC(=O)[C@H](C)N(CCc2c[nH]c3ccccc23)C1=O. The number of amides is 8. The molecule has 322 valence electrons. The lowest BCUT2D eigenvalue weighted by Crippen LogP contribution is -2.59. The predicted molar refractivity (Wildman–Crippen MR) is 219 cm³/mol. The number of benzene rings is 1. The third-order valence-electron chi connectivity index (χ3n) is 9.84. The van der Waals surface area contributed by atoms with Crippen molar-refractivity contribution in [2.45, 2.75) is 76.2 Å². The van der Waals surface area contributed by atoms with Gasteiger partial charge in [-0.15, -0.1) is 0 Å². The van der Waals surface area contributed by atoms with Crippen molar-refractivity contribution >= 4 is 85.7 Å². The van der Waals surface area contributed by atoms with Gasteiger partial charge in [-0.1, -0.05) is 39.8 Å². The van der Waals surface area contributed by atoms with Crippen molar-refractivity contribution in [3.05, 3.63) is 36.0 Å². The molecule has 8 amide bonds. The highest BCUT2D eigenvalue weighted by Gasteiger charge is 2.34. The number of aliphatic carboxylic acids is 1. The molecule has 0 bridgehead atoms. The van der Waals surface area contributed by atoms with Crippen LogP contribution in [0.5, 0.6) is 0 Å². The van der Waals surface area contributed by atoms with E-state index in [1.54, 1.807) is 6.20 Å². The molecule has 1 aromatic heterocycles. The van der Waals surface area contributed by atoms with E-state index in [1.807, 2.05) is 24.3 Å². The van der Waals surface area contributed by atoms with E-state index >= 15 is 0 Å². The molecule has 1 unspecified atom stereocenters. The average molecular weight is 861 g/mol. The van der Waals surface area contributed by atoms with Crippen LogP contribution in [-0.4, -0.2) is 143 Å². The number of hydrogen-bond donors (Lipinski definition) is 10. The Morgan fingerprint density at radius 3 is 2.32 bits per heavy atom. The Morgan fingerprint density at radius 2 is 1.61 bits per heavy atom. The minimum absolute atomic E-state index is 0.00949. The van der Waals surface area contributed by atoms with Gasteiger partial charge in [0.1, 0.15) is 30.2 Å². The molecule has 11 N–H and O–H groups in total. The summed E-state index contributed by atoms with van der Waals surface area (Å²) >= 11 is 0. The van der Waals surface area contributed by atoms with Crippen LogP contribution in [0.1, 0.15) is 45.1 Å². The fourth-order valence-electron chi connectivity index (χ4n) is 6.46. The molecule has 3 heterocycles. The summed E-state index contributed by atoms with van der Waals surface area (Å²) in [4.78, 5) is 122. The van der Waals surface area contributed by atoms with Gasteiger partial charge >= 0.3 is 5.97 Å². The first-order valence-electron chi connectivity index (χ1n) is 19.2. The number of nitrogens with zero attached hydrogens (tertiary/aromatic N) is 1. The second kappa shape index (κ2) is 22.7. The van der Waals surface area contributed by atoms with Crippen molar-refractivity contribution in [3.8, 4) is 0 Å². The van der Waals surface area contributed by atoms with Gasteiger partial charge in [-0.2, -0.15) is 0 Å². The third kappa shape index (κ3) is 14.2. The van der Waals surface area contributed by atoms with Gasteiger partial charge in [-0.3, -0.25) is 43.2 Å². The Labute approximate surface area is 348 Å². The van der Waals surface area contributed by atoms with Crippen molar-refractivity contribution < 1.29 is 48.3 Å². The number of H-pyrrole nitrogens is 1. The maximum Gasteiger partial charge on any atom is 0.305 e. The number of fused-ring (bicyclic) bond motifs is 1. The van der Waals surface area contributed by atoms with Gasteiger partial charge in [0.15, 0.2) is 0 Å². The van der Waals surface area contributed by atoms with Gasteiger partial charge in [0.25, 0.3) is 0 Å². The summed E-state index contributed by atoms with van der Waals surface area (Å²) in [6.45, 7) is 3.05. The van der Waals surface area contributed by atoms with Gasteiger partial charge in [-0.25, -0.2) is 0 Å². The monoisotopic (exact) mass is 860 g/mol. The summed E-state index contributed by atoms with van der Waals surface area (Å²) in [6, 6.07) is 0.805. The molecule has 1 aromatic carbocycles. The topological polar surface area (TPSA) is 303 Å². The standard InChI is InChI=1S/C37H52N10O10S2/c1-20-37(57)47(13-9-23-16-40-25-6-4-3-5-24(23)25)21(2)33(53)46-28(32(38)52)19-59-58-14-10-29(48)45-27(17-41-34(54)22-7-11-39-12-8-22)35(55)42-18-30(49)44-26(15-31(50)51)36(56)43-20/h3-6,16,20-22,26-28,39-40H,7-15,17-19H2,1-2H3,(H2,38,52)(H,41,54)(H,42,55)(H,43,56)(H,44,49)(H,45,48)(H,46,53)(H,50,51)/t20-,21-,26-,27-,28?/m0/s1. The lowest BCUT2D eigenvalue weighted by Gasteiger charge is -2.32.